The molecule has 0 aliphatic carbocycles. The van der Waals surface area contributed by atoms with E-state index in [0.29, 0.717) is 11.1 Å². The Morgan fingerprint density at radius 1 is 1.21 bits per heavy atom. The minimum atomic E-state index is -0.460. The van der Waals surface area contributed by atoms with Gasteiger partial charge in [-0.2, -0.15) is 5.26 Å². The molecular weight excluding hydrogens is 302 g/mol. The van der Waals surface area contributed by atoms with E-state index >= 15 is 0 Å². The lowest BCUT2D eigenvalue weighted by Crippen LogP contribution is -2.46. The number of piperazine rings is 1. The molecule has 1 aliphatic heterocycles. The first-order valence-electron chi connectivity index (χ1n) is 7.88. The fraction of sp³-hybridized carbons (Fsp3) is 0.278. The highest BCUT2D eigenvalue weighted by Crippen LogP contribution is 2.16. The van der Waals surface area contributed by atoms with Crippen molar-refractivity contribution in [3.8, 4) is 6.07 Å². The first-order chi connectivity index (χ1) is 11.7. The summed E-state index contributed by atoms with van der Waals surface area (Å²) < 4.78 is 0. The van der Waals surface area contributed by atoms with Crippen molar-refractivity contribution < 1.29 is 4.79 Å². The topological polar surface area (TPSA) is 86.3 Å². The Kier molecular flexibility index (Phi) is 4.73. The fourth-order valence-electron chi connectivity index (χ4n) is 2.85. The van der Waals surface area contributed by atoms with Crippen molar-refractivity contribution in [2.45, 2.75) is 6.54 Å². The van der Waals surface area contributed by atoms with Gasteiger partial charge in [-0.05, 0) is 29.8 Å². The number of primary amides is 1. The molecule has 3 rings (SSSR count). The van der Waals surface area contributed by atoms with E-state index in [0.717, 1.165) is 44.1 Å². The van der Waals surface area contributed by atoms with Crippen LogP contribution >= 0.6 is 0 Å². The molecule has 1 amide bonds. The molecule has 1 aromatic carbocycles. The molecule has 2 N–H and O–H groups in total. The molecule has 24 heavy (non-hydrogen) atoms. The summed E-state index contributed by atoms with van der Waals surface area (Å²) in [5.74, 6) is 0.407. The maximum Gasteiger partial charge on any atom is 0.250 e. The molecule has 1 saturated heterocycles. The predicted molar refractivity (Wildman–Crippen MR) is 91.4 cm³/mol. The second-order valence-corrected chi connectivity index (χ2v) is 5.84. The number of benzene rings is 1. The normalized spacial score (nSPS) is 15.0. The zero-order chi connectivity index (χ0) is 16.9. The van der Waals surface area contributed by atoms with Gasteiger partial charge in [-0.15, -0.1) is 0 Å². The summed E-state index contributed by atoms with van der Waals surface area (Å²) in [6, 6.07) is 13.5. The van der Waals surface area contributed by atoms with Gasteiger partial charge in [0, 0.05) is 38.9 Å². The van der Waals surface area contributed by atoms with Crippen molar-refractivity contribution in [1.29, 1.82) is 5.26 Å². The van der Waals surface area contributed by atoms with E-state index in [1.54, 1.807) is 6.07 Å². The lowest BCUT2D eigenvalue weighted by Gasteiger charge is -2.35. The average molecular weight is 321 g/mol. The van der Waals surface area contributed by atoms with Crippen molar-refractivity contribution in [3.05, 3.63) is 59.3 Å². The van der Waals surface area contributed by atoms with Gasteiger partial charge in [-0.3, -0.25) is 9.69 Å². The molecule has 1 fully saturated rings. The Hall–Kier alpha value is -2.91. The van der Waals surface area contributed by atoms with Gasteiger partial charge in [0.2, 0.25) is 5.91 Å². The highest BCUT2D eigenvalue weighted by molar-refractivity contribution is 5.92. The second kappa shape index (κ2) is 7.11. The molecule has 1 aromatic heterocycles. The summed E-state index contributed by atoms with van der Waals surface area (Å²) in [4.78, 5) is 20.0. The summed E-state index contributed by atoms with van der Waals surface area (Å²) in [6.45, 7) is 4.45. The summed E-state index contributed by atoms with van der Waals surface area (Å²) in [5.41, 5.74) is 7.52. The van der Waals surface area contributed by atoms with Crippen molar-refractivity contribution in [1.82, 2.24) is 9.88 Å². The number of hydrogen-bond donors (Lipinski definition) is 1. The van der Waals surface area contributed by atoms with Gasteiger partial charge in [0.25, 0.3) is 0 Å². The number of carbonyl (C=O) groups excluding carboxylic acids is 1. The molecular formula is C18H19N5O. The number of nitrogens with two attached hydrogens (primary N) is 1. The summed E-state index contributed by atoms with van der Waals surface area (Å²) in [6.07, 6.45) is 1.53. The molecule has 2 heterocycles. The van der Waals surface area contributed by atoms with Crippen LogP contribution in [0.2, 0.25) is 0 Å². The number of amides is 1. The molecule has 0 radical (unpaired) electrons. The van der Waals surface area contributed by atoms with Gasteiger partial charge in [0.1, 0.15) is 5.82 Å². The van der Waals surface area contributed by atoms with E-state index < -0.39 is 5.91 Å². The van der Waals surface area contributed by atoms with Gasteiger partial charge in [0.05, 0.1) is 17.2 Å². The molecule has 2 aromatic rings. The van der Waals surface area contributed by atoms with Gasteiger partial charge in [-0.1, -0.05) is 12.1 Å². The van der Waals surface area contributed by atoms with Crippen molar-refractivity contribution in [3.63, 3.8) is 0 Å². The number of rotatable bonds is 4. The number of carbonyl (C=O) groups is 1. The molecule has 6 heteroatoms. The third-order valence-corrected chi connectivity index (χ3v) is 4.19. The van der Waals surface area contributed by atoms with Crippen LogP contribution in [0.25, 0.3) is 0 Å². The van der Waals surface area contributed by atoms with Gasteiger partial charge >= 0.3 is 0 Å². The predicted octanol–water partition coefficient (Wildman–Crippen LogP) is 1.37. The van der Waals surface area contributed by atoms with E-state index in [9.17, 15) is 4.79 Å². The van der Waals surface area contributed by atoms with Crippen LogP contribution in [-0.2, 0) is 6.54 Å². The van der Waals surface area contributed by atoms with E-state index in [4.69, 9.17) is 11.0 Å². The highest BCUT2D eigenvalue weighted by atomic mass is 16.1. The number of hydrogen-bond acceptors (Lipinski definition) is 5. The van der Waals surface area contributed by atoms with Crippen LogP contribution in [0.15, 0.2) is 42.6 Å². The zero-order valence-electron chi connectivity index (χ0n) is 13.4. The monoisotopic (exact) mass is 321 g/mol. The minimum absolute atomic E-state index is 0.426. The molecule has 0 atom stereocenters. The standard InChI is InChI=1S/C18H19N5O/c19-11-14-2-1-3-15(10-14)13-22-6-8-23(9-7-22)17-5-4-16(12-21-17)18(20)24/h1-5,10,12H,6-9,13H2,(H2,20,24). The Labute approximate surface area is 141 Å². The lowest BCUT2D eigenvalue weighted by atomic mass is 10.1. The Morgan fingerprint density at radius 3 is 2.62 bits per heavy atom. The van der Waals surface area contributed by atoms with Gasteiger partial charge < -0.3 is 10.6 Å². The van der Waals surface area contributed by atoms with Crippen molar-refractivity contribution in [2.75, 3.05) is 31.1 Å². The first kappa shape index (κ1) is 16.0. The highest BCUT2D eigenvalue weighted by Gasteiger charge is 2.18. The Balaban J connectivity index is 1.57. The van der Waals surface area contributed by atoms with Crippen LogP contribution in [0.1, 0.15) is 21.5 Å². The van der Waals surface area contributed by atoms with Crippen LogP contribution < -0.4 is 10.6 Å². The average Bonchev–Trinajstić information content (AvgIpc) is 2.62. The third-order valence-electron chi connectivity index (χ3n) is 4.19. The SMILES string of the molecule is N#Cc1cccc(CN2CCN(c3ccc(C(N)=O)cn3)CC2)c1. The van der Waals surface area contributed by atoms with Gasteiger partial charge in [-0.25, -0.2) is 4.98 Å². The van der Waals surface area contributed by atoms with Crippen LogP contribution in [-0.4, -0.2) is 42.0 Å². The van der Waals surface area contributed by atoms with E-state index in [1.165, 1.54) is 6.20 Å². The van der Waals surface area contributed by atoms with Crippen molar-refractivity contribution in [2.24, 2.45) is 5.73 Å². The number of anilines is 1. The van der Waals surface area contributed by atoms with E-state index in [1.807, 2.05) is 24.3 Å². The largest absolute Gasteiger partial charge is 0.366 e. The summed E-state index contributed by atoms with van der Waals surface area (Å²) >= 11 is 0. The van der Waals surface area contributed by atoms with Gasteiger partial charge in [0.15, 0.2) is 0 Å². The fourth-order valence-corrected chi connectivity index (χ4v) is 2.85. The summed E-state index contributed by atoms with van der Waals surface area (Å²) in [5, 5.41) is 8.98. The molecule has 122 valence electrons. The third kappa shape index (κ3) is 3.70. The van der Waals surface area contributed by atoms with Crippen molar-refractivity contribution >= 4 is 11.7 Å². The maximum absolute atomic E-state index is 11.1. The molecule has 6 nitrogen and oxygen atoms in total. The Morgan fingerprint density at radius 2 is 2.00 bits per heavy atom. The Bertz CT molecular complexity index is 758. The molecule has 0 unspecified atom stereocenters. The molecule has 0 spiro atoms. The molecule has 0 bridgehead atoms. The smallest absolute Gasteiger partial charge is 0.250 e. The first-order valence-corrected chi connectivity index (χ1v) is 7.88. The number of nitriles is 1. The minimum Gasteiger partial charge on any atom is -0.366 e. The number of aromatic nitrogens is 1. The maximum atomic E-state index is 11.1. The van der Waals surface area contributed by atoms with Crippen LogP contribution in [0.4, 0.5) is 5.82 Å². The second-order valence-electron chi connectivity index (χ2n) is 5.84. The van der Waals surface area contributed by atoms with E-state index in [2.05, 4.69) is 26.9 Å². The quantitative estimate of drug-likeness (QED) is 0.919. The number of nitrogens with zero attached hydrogens (tertiary/aromatic N) is 4. The molecule has 1 aliphatic rings. The summed E-state index contributed by atoms with van der Waals surface area (Å²) in [7, 11) is 0. The van der Waals surface area contributed by atoms with Crippen LogP contribution in [0.5, 0.6) is 0 Å². The van der Waals surface area contributed by atoms with E-state index in [-0.39, 0.29) is 0 Å². The lowest BCUT2D eigenvalue weighted by molar-refractivity contribution is 0.1000. The van der Waals surface area contributed by atoms with Crippen LogP contribution in [0.3, 0.4) is 0 Å². The van der Waals surface area contributed by atoms with Crippen LogP contribution in [0, 0.1) is 11.3 Å². The zero-order valence-corrected chi connectivity index (χ0v) is 13.4. The number of pyridine rings is 1. The molecule has 0 saturated carbocycles.